The van der Waals surface area contributed by atoms with E-state index in [-0.39, 0.29) is 11.5 Å². The molecule has 1 heterocycles. The number of amides is 1. The van der Waals surface area contributed by atoms with Crippen molar-refractivity contribution in [2.24, 2.45) is 0 Å². The molecule has 0 aliphatic heterocycles. The summed E-state index contributed by atoms with van der Waals surface area (Å²) in [5.41, 5.74) is 2.78. The highest BCUT2D eigenvalue weighted by atomic mass is 16.5. The fourth-order valence-electron chi connectivity index (χ4n) is 4.36. The van der Waals surface area contributed by atoms with E-state index in [1.54, 1.807) is 40.8 Å². The van der Waals surface area contributed by atoms with E-state index in [0.29, 0.717) is 41.0 Å². The molecular formula is C28H29N3O3. The molecule has 0 bridgehead atoms. The summed E-state index contributed by atoms with van der Waals surface area (Å²) in [7, 11) is 1.58. The Labute approximate surface area is 199 Å². The highest BCUT2D eigenvalue weighted by molar-refractivity contribution is 5.95. The van der Waals surface area contributed by atoms with Crippen LogP contribution in [0.25, 0.3) is 16.6 Å². The number of benzene rings is 3. The number of carbonyl (C=O) groups is 1. The predicted molar refractivity (Wildman–Crippen MR) is 135 cm³/mol. The van der Waals surface area contributed by atoms with Gasteiger partial charge in [-0.1, -0.05) is 37.3 Å². The van der Waals surface area contributed by atoms with Crippen LogP contribution in [0.15, 0.2) is 77.6 Å². The van der Waals surface area contributed by atoms with Crippen LogP contribution in [0.1, 0.15) is 48.1 Å². The van der Waals surface area contributed by atoms with E-state index in [1.165, 1.54) is 0 Å². The zero-order chi connectivity index (χ0) is 24.2. The van der Waals surface area contributed by atoms with E-state index in [2.05, 4.69) is 0 Å². The molecule has 0 N–H and O–H groups in total. The summed E-state index contributed by atoms with van der Waals surface area (Å²) in [5, 5.41) is 0.546. The summed E-state index contributed by atoms with van der Waals surface area (Å²) in [6.45, 7) is 6.40. The summed E-state index contributed by atoms with van der Waals surface area (Å²) in [6.07, 6.45) is 0.597. The van der Waals surface area contributed by atoms with Gasteiger partial charge < -0.3 is 9.64 Å². The third kappa shape index (κ3) is 4.31. The van der Waals surface area contributed by atoms with Crippen LogP contribution in [0.5, 0.6) is 5.75 Å². The fourth-order valence-corrected chi connectivity index (χ4v) is 4.36. The number of nitrogens with zero attached hydrogens (tertiary/aromatic N) is 3. The van der Waals surface area contributed by atoms with Crippen molar-refractivity contribution in [2.75, 3.05) is 13.7 Å². The number of methoxy groups -OCH3 is 1. The maximum Gasteiger partial charge on any atom is 0.266 e. The summed E-state index contributed by atoms with van der Waals surface area (Å²) in [5.74, 6) is 1.04. The molecule has 4 aromatic rings. The van der Waals surface area contributed by atoms with Crippen molar-refractivity contribution in [3.05, 3.63) is 100 Å². The summed E-state index contributed by atoms with van der Waals surface area (Å²) < 4.78 is 6.97. The summed E-state index contributed by atoms with van der Waals surface area (Å²) in [6, 6.07) is 21.9. The van der Waals surface area contributed by atoms with Crippen molar-refractivity contribution in [1.82, 2.24) is 14.5 Å². The largest absolute Gasteiger partial charge is 0.497 e. The second-order valence-corrected chi connectivity index (χ2v) is 8.21. The third-order valence-corrected chi connectivity index (χ3v) is 6.04. The summed E-state index contributed by atoms with van der Waals surface area (Å²) in [4.78, 5) is 34.1. The fraction of sp³-hybridized carbons (Fsp3) is 0.250. The molecule has 4 rings (SSSR count). The maximum absolute atomic E-state index is 13.7. The molecule has 1 atom stereocenters. The molecule has 1 aromatic heterocycles. The van der Waals surface area contributed by atoms with Crippen LogP contribution >= 0.6 is 0 Å². The maximum atomic E-state index is 13.7. The van der Waals surface area contributed by atoms with Crippen LogP contribution in [0.2, 0.25) is 0 Å². The van der Waals surface area contributed by atoms with E-state index >= 15 is 0 Å². The van der Waals surface area contributed by atoms with Gasteiger partial charge in [0.05, 0.1) is 29.7 Å². The molecule has 3 aromatic carbocycles. The van der Waals surface area contributed by atoms with Gasteiger partial charge in [-0.3, -0.25) is 14.2 Å². The monoisotopic (exact) mass is 455 g/mol. The van der Waals surface area contributed by atoms with Crippen LogP contribution in [0.4, 0.5) is 0 Å². The van der Waals surface area contributed by atoms with Crippen LogP contribution in [0, 0.1) is 6.92 Å². The second kappa shape index (κ2) is 9.91. The lowest BCUT2D eigenvalue weighted by atomic mass is 10.1. The van der Waals surface area contributed by atoms with Gasteiger partial charge in [0, 0.05) is 12.1 Å². The molecule has 6 nitrogen and oxygen atoms in total. The van der Waals surface area contributed by atoms with Gasteiger partial charge in [0.1, 0.15) is 11.6 Å². The average Bonchev–Trinajstić information content (AvgIpc) is 2.86. The van der Waals surface area contributed by atoms with Crippen molar-refractivity contribution in [3.8, 4) is 11.4 Å². The van der Waals surface area contributed by atoms with E-state index in [0.717, 1.165) is 11.3 Å². The number of para-hydroxylation sites is 1. The predicted octanol–water partition coefficient (Wildman–Crippen LogP) is 5.32. The number of hydrogen-bond acceptors (Lipinski definition) is 4. The minimum atomic E-state index is -0.401. The number of hydrogen-bond donors (Lipinski definition) is 0. The number of fused-ring (bicyclic) bond motifs is 1. The first kappa shape index (κ1) is 23.2. The van der Waals surface area contributed by atoms with E-state index in [4.69, 9.17) is 9.72 Å². The van der Waals surface area contributed by atoms with Gasteiger partial charge in [0.25, 0.3) is 11.5 Å². The minimum absolute atomic E-state index is 0.133. The van der Waals surface area contributed by atoms with Gasteiger partial charge in [-0.2, -0.15) is 0 Å². The first-order valence-electron chi connectivity index (χ1n) is 11.5. The quantitative estimate of drug-likeness (QED) is 0.379. The Morgan fingerprint density at radius 1 is 1.03 bits per heavy atom. The number of rotatable bonds is 7. The Hall–Kier alpha value is -3.93. The topological polar surface area (TPSA) is 64.4 Å². The lowest BCUT2D eigenvalue weighted by Crippen LogP contribution is -2.38. The van der Waals surface area contributed by atoms with Crippen molar-refractivity contribution in [2.45, 2.75) is 33.2 Å². The second-order valence-electron chi connectivity index (χ2n) is 8.21. The Kier molecular flexibility index (Phi) is 6.77. The number of carbonyl (C=O) groups excluding carboxylic acids is 1. The Bertz CT molecular complexity index is 1390. The number of aromatic nitrogens is 2. The zero-order valence-electron chi connectivity index (χ0n) is 20.0. The van der Waals surface area contributed by atoms with Crippen molar-refractivity contribution in [1.29, 1.82) is 0 Å². The molecule has 1 amide bonds. The lowest BCUT2D eigenvalue weighted by molar-refractivity contribution is 0.0671. The average molecular weight is 456 g/mol. The first-order chi connectivity index (χ1) is 16.5. The molecule has 0 spiro atoms. The van der Waals surface area contributed by atoms with Gasteiger partial charge in [-0.05, 0) is 68.3 Å². The van der Waals surface area contributed by atoms with Crippen molar-refractivity contribution < 1.29 is 9.53 Å². The number of ether oxygens (including phenoxy) is 1. The first-order valence-corrected chi connectivity index (χ1v) is 11.5. The van der Waals surface area contributed by atoms with E-state index < -0.39 is 6.04 Å². The molecule has 0 aliphatic rings. The van der Waals surface area contributed by atoms with Gasteiger partial charge in [-0.15, -0.1) is 0 Å². The SMILES string of the molecule is CCC(c1nc2ccccc2c(=O)n1-c1cccc(C)c1)N(CC)C(=O)c1cccc(OC)c1. The molecule has 0 radical (unpaired) electrons. The minimum Gasteiger partial charge on any atom is -0.497 e. The smallest absolute Gasteiger partial charge is 0.266 e. The van der Waals surface area contributed by atoms with Crippen LogP contribution < -0.4 is 10.3 Å². The van der Waals surface area contributed by atoms with Gasteiger partial charge in [-0.25, -0.2) is 4.98 Å². The van der Waals surface area contributed by atoms with Crippen molar-refractivity contribution in [3.63, 3.8) is 0 Å². The Morgan fingerprint density at radius 3 is 2.50 bits per heavy atom. The third-order valence-electron chi connectivity index (χ3n) is 6.04. The molecule has 1 unspecified atom stereocenters. The van der Waals surface area contributed by atoms with E-state index in [1.807, 2.05) is 69.3 Å². The Morgan fingerprint density at radius 2 is 1.79 bits per heavy atom. The van der Waals surface area contributed by atoms with Gasteiger partial charge in [0.2, 0.25) is 0 Å². The normalized spacial score (nSPS) is 11.9. The van der Waals surface area contributed by atoms with Gasteiger partial charge in [0.15, 0.2) is 0 Å². The van der Waals surface area contributed by atoms with Crippen LogP contribution in [0.3, 0.4) is 0 Å². The molecular weight excluding hydrogens is 426 g/mol. The highest BCUT2D eigenvalue weighted by Gasteiger charge is 2.29. The molecule has 174 valence electrons. The molecule has 0 fully saturated rings. The Balaban J connectivity index is 1.92. The standard InChI is InChI=1S/C28H29N3O3/c1-5-25(30(6-2)27(32)20-12-10-14-22(18-20)34-4)26-29-24-16-8-7-15-23(24)28(33)31(26)21-13-9-11-19(3)17-21/h7-18,25H,5-6H2,1-4H3. The summed E-state index contributed by atoms with van der Waals surface area (Å²) >= 11 is 0. The molecule has 0 saturated heterocycles. The molecule has 6 heteroatoms. The lowest BCUT2D eigenvalue weighted by Gasteiger charge is -2.31. The van der Waals surface area contributed by atoms with Crippen LogP contribution in [-0.4, -0.2) is 34.0 Å². The zero-order valence-corrected chi connectivity index (χ0v) is 20.0. The molecule has 0 aliphatic carbocycles. The van der Waals surface area contributed by atoms with Crippen molar-refractivity contribution >= 4 is 16.8 Å². The molecule has 0 saturated carbocycles. The van der Waals surface area contributed by atoms with Crippen LogP contribution in [-0.2, 0) is 0 Å². The number of aryl methyl sites for hydroxylation is 1. The van der Waals surface area contributed by atoms with E-state index in [9.17, 15) is 9.59 Å². The highest BCUT2D eigenvalue weighted by Crippen LogP contribution is 2.28. The molecule has 34 heavy (non-hydrogen) atoms. The van der Waals surface area contributed by atoms with Gasteiger partial charge >= 0.3 is 0 Å².